The third-order valence-corrected chi connectivity index (χ3v) is 5.74. The quantitative estimate of drug-likeness (QED) is 0.794. The van der Waals surface area contributed by atoms with Crippen molar-refractivity contribution in [3.8, 4) is 11.5 Å². The van der Waals surface area contributed by atoms with Crippen LogP contribution in [0.5, 0.6) is 11.5 Å². The average Bonchev–Trinajstić information content (AvgIpc) is 3.27. The topological polar surface area (TPSA) is 42.0 Å². The van der Waals surface area contributed by atoms with E-state index in [1.807, 2.05) is 18.2 Å². The lowest BCUT2D eigenvalue weighted by Crippen LogP contribution is -2.47. The number of likely N-dealkylation sites (N-methyl/N-ethyl adjacent to an activating group) is 1. The molecule has 1 aromatic carbocycles. The maximum atomic E-state index is 12.9. The monoisotopic (exact) mass is 346 g/mol. The molecule has 2 aliphatic rings. The van der Waals surface area contributed by atoms with Gasteiger partial charge in [-0.15, -0.1) is 0 Å². The van der Waals surface area contributed by atoms with Crippen LogP contribution in [0.4, 0.5) is 0 Å². The van der Waals surface area contributed by atoms with E-state index in [1.165, 1.54) is 12.8 Å². The second kappa shape index (κ2) is 8.09. The summed E-state index contributed by atoms with van der Waals surface area (Å²) in [6, 6.07) is 6.70. The Labute approximate surface area is 150 Å². The summed E-state index contributed by atoms with van der Waals surface area (Å²) in [6.45, 7) is 2.06. The van der Waals surface area contributed by atoms with Gasteiger partial charge < -0.3 is 19.3 Å². The van der Waals surface area contributed by atoms with Gasteiger partial charge in [-0.25, -0.2) is 0 Å². The summed E-state index contributed by atoms with van der Waals surface area (Å²) in [5.41, 5.74) is 1.03. The van der Waals surface area contributed by atoms with Crippen molar-refractivity contribution in [2.24, 2.45) is 0 Å². The number of carbonyl (C=O) groups is 1. The molecule has 25 heavy (non-hydrogen) atoms. The molecular formula is C20H30N2O3. The lowest BCUT2D eigenvalue weighted by Gasteiger charge is -2.33. The Morgan fingerprint density at radius 2 is 1.88 bits per heavy atom. The summed E-state index contributed by atoms with van der Waals surface area (Å²) >= 11 is 0. The molecule has 2 aliphatic heterocycles. The molecule has 1 aromatic rings. The SMILES string of the molecule is COc1ccc(OC)c(CCC(=O)N2CCC[C@@H]2[C@H]2CCCN2C)c1. The molecule has 5 nitrogen and oxygen atoms in total. The number of hydrogen-bond donors (Lipinski definition) is 0. The number of ether oxygens (including phenoxy) is 2. The minimum Gasteiger partial charge on any atom is -0.497 e. The van der Waals surface area contributed by atoms with Crippen LogP contribution < -0.4 is 9.47 Å². The van der Waals surface area contributed by atoms with Crippen LogP contribution in [-0.4, -0.2) is 62.1 Å². The van der Waals surface area contributed by atoms with Crippen LogP contribution in [0.2, 0.25) is 0 Å². The number of benzene rings is 1. The lowest BCUT2D eigenvalue weighted by molar-refractivity contribution is -0.132. The Kier molecular flexibility index (Phi) is 5.84. The summed E-state index contributed by atoms with van der Waals surface area (Å²) in [5, 5.41) is 0. The molecule has 0 radical (unpaired) electrons. The molecule has 0 spiro atoms. The molecule has 0 aromatic heterocycles. The predicted octanol–water partition coefficient (Wildman–Crippen LogP) is 2.72. The molecule has 5 heteroatoms. The first-order chi connectivity index (χ1) is 12.1. The van der Waals surface area contributed by atoms with Crippen molar-refractivity contribution in [1.29, 1.82) is 0 Å². The first kappa shape index (κ1) is 18.1. The number of aryl methyl sites for hydroxylation is 1. The Morgan fingerprint density at radius 1 is 1.12 bits per heavy atom. The fraction of sp³-hybridized carbons (Fsp3) is 0.650. The molecule has 0 aliphatic carbocycles. The van der Waals surface area contributed by atoms with Gasteiger partial charge >= 0.3 is 0 Å². The third-order valence-electron chi connectivity index (χ3n) is 5.74. The van der Waals surface area contributed by atoms with Crippen molar-refractivity contribution in [2.45, 2.75) is 50.6 Å². The van der Waals surface area contributed by atoms with E-state index in [1.54, 1.807) is 14.2 Å². The highest BCUT2D eigenvalue weighted by atomic mass is 16.5. The second-order valence-electron chi connectivity index (χ2n) is 7.16. The second-order valence-corrected chi connectivity index (χ2v) is 7.16. The van der Waals surface area contributed by atoms with Gasteiger partial charge in [0.15, 0.2) is 0 Å². The highest BCUT2D eigenvalue weighted by Crippen LogP contribution is 2.30. The molecule has 0 N–H and O–H groups in total. The summed E-state index contributed by atoms with van der Waals surface area (Å²) < 4.78 is 10.7. The van der Waals surface area contributed by atoms with Crippen LogP contribution in [0.3, 0.4) is 0 Å². The predicted molar refractivity (Wildman–Crippen MR) is 98.3 cm³/mol. The number of amides is 1. The first-order valence-corrected chi connectivity index (χ1v) is 9.34. The molecule has 2 saturated heterocycles. The highest BCUT2D eigenvalue weighted by molar-refractivity contribution is 5.77. The first-order valence-electron chi connectivity index (χ1n) is 9.34. The van der Waals surface area contributed by atoms with E-state index in [-0.39, 0.29) is 5.91 Å². The zero-order valence-electron chi connectivity index (χ0n) is 15.7. The Balaban J connectivity index is 1.64. The Hall–Kier alpha value is -1.75. The van der Waals surface area contributed by atoms with Crippen molar-refractivity contribution in [2.75, 3.05) is 34.4 Å². The van der Waals surface area contributed by atoms with Gasteiger partial charge in [0.25, 0.3) is 0 Å². The van der Waals surface area contributed by atoms with Crippen LogP contribution in [0, 0.1) is 0 Å². The molecule has 2 heterocycles. The van der Waals surface area contributed by atoms with E-state index in [9.17, 15) is 4.79 Å². The van der Waals surface area contributed by atoms with Crippen LogP contribution in [0.1, 0.15) is 37.7 Å². The molecule has 0 unspecified atom stereocenters. The molecule has 0 bridgehead atoms. The molecule has 2 atom stereocenters. The molecule has 1 amide bonds. The van der Waals surface area contributed by atoms with Crippen molar-refractivity contribution in [1.82, 2.24) is 9.80 Å². The molecule has 3 rings (SSSR count). The summed E-state index contributed by atoms with van der Waals surface area (Å²) in [7, 11) is 5.52. The number of likely N-dealkylation sites (tertiary alicyclic amines) is 2. The summed E-state index contributed by atoms with van der Waals surface area (Å²) in [5.74, 6) is 1.89. The number of carbonyl (C=O) groups excluding carboxylic acids is 1. The fourth-order valence-electron chi connectivity index (χ4n) is 4.39. The van der Waals surface area contributed by atoms with Crippen LogP contribution >= 0.6 is 0 Å². The van der Waals surface area contributed by atoms with Gasteiger partial charge in [0.2, 0.25) is 5.91 Å². The van der Waals surface area contributed by atoms with Gasteiger partial charge in [0, 0.05) is 25.0 Å². The van der Waals surface area contributed by atoms with Crippen LogP contribution in [0.25, 0.3) is 0 Å². The van der Waals surface area contributed by atoms with Gasteiger partial charge in [0.05, 0.1) is 14.2 Å². The van der Waals surface area contributed by atoms with Gasteiger partial charge in [-0.2, -0.15) is 0 Å². The van der Waals surface area contributed by atoms with E-state index in [0.29, 0.717) is 24.9 Å². The highest BCUT2D eigenvalue weighted by Gasteiger charge is 2.38. The normalized spacial score (nSPS) is 23.9. The number of rotatable bonds is 6. The molecule has 138 valence electrons. The zero-order chi connectivity index (χ0) is 17.8. The summed E-state index contributed by atoms with van der Waals surface area (Å²) in [6.07, 6.45) is 5.95. The number of hydrogen-bond acceptors (Lipinski definition) is 4. The molecular weight excluding hydrogens is 316 g/mol. The van der Waals surface area contributed by atoms with E-state index >= 15 is 0 Å². The van der Waals surface area contributed by atoms with Crippen LogP contribution in [0.15, 0.2) is 18.2 Å². The lowest BCUT2D eigenvalue weighted by atomic mass is 10.0. The summed E-state index contributed by atoms with van der Waals surface area (Å²) in [4.78, 5) is 17.5. The number of methoxy groups -OCH3 is 2. The smallest absolute Gasteiger partial charge is 0.223 e. The van der Waals surface area contributed by atoms with E-state index in [4.69, 9.17) is 9.47 Å². The standard InChI is InChI=1S/C20H30N2O3/c1-21-12-4-6-17(21)18-7-5-13-22(18)20(23)11-8-15-14-16(24-2)9-10-19(15)25-3/h9-10,14,17-18H,4-8,11-13H2,1-3H3/t17-,18-/m1/s1. The van der Waals surface area contributed by atoms with Crippen LogP contribution in [-0.2, 0) is 11.2 Å². The zero-order valence-corrected chi connectivity index (χ0v) is 15.7. The van der Waals surface area contributed by atoms with Crippen molar-refractivity contribution in [3.05, 3.63) is 23.8 Å². The minimum atomic E-state index is 0.271. The average molecular weight is 346 g/mol. The van der Waals surface area contributed by atoms with Crippen molar-refractivity contribution in [3.63, 3.8) is 0 Å². The fourth-order valence-corrected chi connectivity index (χ4v) is 4.39. The van der Waals surface area contributed by atoms with E-state index in [2.05, 4.69) is 16.8 Å². The Morgan fingerprint density at radius 3 is 2.56 bits per heavy atom. The largest absolute Gasteiger partial charge is 0.497 e. The van der Waals surface area contributed by atoms with Gasteiger partial charge in [0.1, 0.15) is 11.5 Å². The maximum Gasteiger partial charge on any atom is 0.223 e. The van der Waals surface area contributed by atoms with Crippen molar-refractivity contribution >= 4 is 5.91 Å². The minimum absolute atomic E-state index is 0.271. The maximum absolute atomic E-state index is 12.9. The van der Waals surface area contributed by atoms with E-state index in [0.717, 1.165) is 43.0 Å². The molecule has 2 fully saturated rings. The van der Waals surface area contributed by atoms with Gasteiger partial charge in [-0.3, -0.25) is 4.79 Å². The molecule has 0 saturated carbocycles. The van der Waals surface area contributed by atoms with Gasteiger partial charge in [-0.1, -0.05) is 0 Å². The van der Waals surface area contributed by atoms with Crippen molar-refractivity contribution < 1.29 is 14.3 Å². The van der Waals surface area contributed by atoms with E-state index < -0.39 is 0 Å². The van der Waals surface area contributed by atoms with Gasteiger partial charge in [-0.05, 0) is 69.5 Å². The number of nitrogens with zero attached hydrogens (tertiary/aromatic N) is 2. The third kappa shape index (κ3) is 3.92. The Bertz CT molecular complexity index is 605.